The Kier molecular flexibility index (Phi) is 4.47. The number of carbonyl (C=O) groups excluding carboxylic acids is 1. The molecule has 100 valence electrons. The lowest BCUT2D eigenvalue weighted by Crippen LogP contribution is -2.29. The van der Waals surface area contributed by atoms with Crippen molar-refractivity contribution in [3.63, 3.8) is 0 Å². The van der Waals surface area contributed by atoms with Gasteiger partial charge in [0.05, 0.1) is 19.4 Å². The van der Waals surface area contributed by atoms with Gasteiger partial charge in [-0.15, -0.1) is 0 Å². The average Bonchev–Trinajstić information content (AvgIpc) is 2.90. The van der Waals surface area contributed by atoms with Gasteiger partial charge in [-0.1, -0.05) is 19.1 Å². The molecule has 1 aromatic carbocycles. The van der Waals surface area contributed by atoms with Gasteiger partial charge in [0.15, 0.2) is 5.78 Å². The molecule has 0 bridgehead atoms. The summed E-state index contributed by atoms with van der Waals surface area (Å²) in [5.41, 5.74) is 0.401. The highest BCUT2D eigenvalue weighted by Gasteiger charge is 2.13. The Labute approximate surface area is 111 Å². The van der Waals surface area contributed by atoms with Gasteiger partial charge >= 0.3 is 0 Å². The third-order valence-corrected chi connectivity index (χ3v) is 2.92. The zero-order chi connectivity index (χ0) is 13.7. The van der Waals surface area contributed by atoms with Crippen molar-refractivity contribution in [3.8, 4) is 0 Å². The fourth-order valence-corrected chi connectivity index (χ4v) is 1.86. The summed E-state index contributed by atoms with van der Waals surface area (Å²) in [7, 11) is 0. The number of benzene rings is 1. The molecule has 0 unspecified atom stereocenters. The van der Waals surface area contributed by atoms with Crippen LogP contribution in [0.2, 0.25) is 0 Å². The molecule has 0 aliphatic rings. The summed E-state index contributed by atoms with van der Waals surface area (Å²) >= 11 is 0. The second-order valence-electron chi connectivity index (χ2n) is 4.32. The third kappa shape index (κ3) is 3.76. The van der Waals surface area contributed by atoms with E-state index in [1.165, 1.54) is 12.1 Å². The van der Waals surface area contributed by atoms with Crippen molar-refractivity contribution in [2.75, 3.05) is 13.1 Å². The normalized spacial score (nSPS) is 10.9. The molecular formula is C15H16FNO2. The van der Waals surface area contributed by atoms with Gasteiger partial charge in [0.1, 0.15) is 11.6 Å². The van der Waals surface area contributed by atoms with Crippen LogP contribution in [0.15, 0.2) is 47.1 Å². The number of hydrogen-bond donors (Lipinski definition) is 0. The van der Waals surface area contributed by atoms with Gasteiger partial charge < -0.3 is 4.42 Å². The zero-order valence-corrected chi connectivity index (χ0v) is 10.8. The molecule has 0 amide bonds. The van der Waals surface area contributed by atoms with E-state index >= 15 is 0 Å². The zero-order valence-electron chi connectivity index (χ0n) is 10.8. The highest BCUT2D eigenvalue weighted by molar-refractivity contribution is 5.97. The lowest BCUT2D eigenvalue weighted by molar-refractivity contribution is 0.0924. The molecule has 4 heteroatoms. The molecule has 0 radical (unpaired) electrons. The van der Waals surface area contributed by atoms with Gasteiger partial charge in [0, 0.05) is 5.56 Å². The first-order chi connectivity index (χ1) is 9.19. The Morgan fingerprint density at radius 1 is 1.32 bits per heavy atom. The van der Waals surface area contributed by atoms with Crippen LogP contribution >= 0.6 is 0 Å². The molecule has 0 fully saturated rings. The number of hydrogen-bond acceptors (Lipinski definition) is 3. The van der Waals surface area contributed by atoms with Crippen LogP contribution in [0.4, 0.5) is 4.39 Å². The maximum atomic E-state index is 13.1. The number of furan rings is 1. The van der Waals surface area contributed by atoms with Crippen molar-refractivity contribution < 1.29 is 13.6 Å². The number of halogens is 1. The van der Waals surface area contributed by atoms with E-state index in [1.54, 1.807) is 18.4 Å². The van der Waals surface area contributed by atoms with Crippen LogP contribution in [0, 0.1) is 5.82 Å². The summed E-state index contributed by atoms with van der Waals surface area (Å²) in [5.74, 6) is 0.335. The fraction of sp³-hybridized carbons (Fsp3) is 0.267. The van der Waals surface area contributed by atoms with E-state index in [2.05, 4.69) is 0 Å². The Morgan fingerprint density at radius 2 is 2.16 bits per heavy atom. The first kappa shape index (κ1) is 13.5. The van der Waals surface area contributed by atoms with Gasteiger partial charge in [0.2, 0.25) is 0 Å². The smallest absolute Gasteiger partial charge is 0.176 e. The van der Waals surface area contributed by atoms with Crippen molar-refractivity contribution in [1.29, 1.82) is 0 Å². The standard InChI is InChI=1S/C15H16FNO2/c1-2-17(10-14-7-4-8-19-14)11-15(18)12-5-3-6-13(16)9-12/h3-9H,2,10-11H2,1H3. The summed E-state index contributed by atoms with van der Waals surface area (Å²) in [6.45, 7) is 3.52. The quantitative estimate of drug-likeness (QED) is 0.749. The summed E-state index contributed by atoms with van der Waals surface area (Å²) < 4.78 is 18.3. The molecule has 0 saturated carbocycles. The van der Waals surface area contributed by atoms with Crippen LogP contribution in [0.25, 0.3) is 0 Å². The van der Waals surface area contributed by atoms with Gasteiger partial charge in [-0.05, 0) is 30.8 Å². The Bertz CT molecular complexity index is 537. The summed E-state index contributed by atoms with van der Waals surface area (Å²) in [6.07, 6.45) is 1.61. The SMILES string of the molecule is CCN(CC(=O)c1cccc(F)c1)Cc1ccco1. The average molecular weight is 261 g/mol. The second kappa shape index (κ2) is 6.29. The minimum absolute atomic E-state index is 0.0899. The molecule has 0 saturated heterocycles. The number of nitrogens with zero attached hydrogens (tertiary/aromatic N) is 1. The second-order valence-corrected chi connectivity index (χ2v) is 4.32. The van der Waals surface area contributed by atoms with Crippen molar-refractivity contribution in [3.05, 3.63) is 59.8 Å². The summed E-state index contributed by atoms with van der Waals surface area (Å²) in [5, 5.41) is 0. The number of likely N-dealkylation sites (N-methyl/N-ethyl adjacent to an activating group) is 1. The monoisotopic (exact) mass is 261 g/mol. The van der Waals surface area contributed by atoms with Crippen LogP contribution in [0.5, 0.6) is 0 Å². The number of carbonyl (C=O) groups is 1. The van der Waals surface area contributed by atoms with E-state index in [9.17, 15) is 9.18 Å². The third-order valence-electron chi connectivity index (χ3n) is 2.92. The maximum Gasteiger partial charge on any atom is 0.176 e. The maximum absolute atomic E-state index is 13.1. The van der Waals surface area contributed by atoms with E-state index in [1.807, 2.05) is 24.0 Å². The minimum atomic E-state index is -0.389. The molecule has 0 aliphatic carbocycles. The predicted octanol–water partition coefficient (Wildman–Crippen LogP) is 3.12. The van der Waals surface area contributed by atoms with E-state index in [0.717, 1.165) is 12.3 Å². The molecule has 3 nitrogen and oxygen atoms in total. The van der Waals surface area contributed by atoms with E-state index in [-0.39, 0.29) is 18.1 Å². The molecule has 19 heavy (non-hydrogen) atoms. The van der Waals surface area contributed by atoms with Gasteiger partial charge in [0.25, 0.3) is 0 Å². The van der Waals surface area contributed by atoms with Gasteiger partial charge in [-0.3, -0.25) is 9.69 Å². The van der Waals surface area contributed by atoms with E-state index < -0.39 is 0 Å². The van der Waals surface area contributed by atoms with Crippen LogP contribution in [-0.4, -0.2) is 23.8 Å². The fourth-order valence-electron chi connectivity index (χ4n) is 1.86. The molecule has 2 aromatic rings. The van der Waals surface area contributed by atoms with Gasteiger partial charge in [-0.25, -0.2) is 4.39 Å². The molecule has 0 aliphatic heterocycles. The Hall–Kier alpha value is -1.94. The number of Topliss-reactive ketones (excluding diaryl/α,β-unsaturated/α-hetero) is 1. The number of rotatable bonds is 6. The molecule has 1 heterocycles. The highest BCUT2D eigenvalue weighted by Crippen LogP contribution is 2.09. The molecule has 1 aromatic heterocycles. The molecule has 0 N–H and O–H groups in total. The van der Waals surface area contributed by atoms with Crippen LogP contribution < -0.4 is 0 Å². The molecule has 2 rings (SSSR count). The van der Waals surface area contributed by atoms with Crippen LogP contribution in [0.1, 0.15) is 23.0 Å². The first-order valence-corrected chi connectivity index (χ1v) is 6.22. The van der Waals surface area contributed by atoms with Crippen LogP contribution in [-0.2, 0) is 6.54 Å². The molecule has 0 spiro atoms. The topological polar surface area (TPSA) is 33.5 Å². The Morgan fingerprint density at radius 3 is 2.79 bits per heavy atom. The van der Waals surface area contributed by atoms with E-state index in [4.69, 9.17) is 4.42 Å². The lowest BCUT2D eigenvalue weighted by Gasteiger charge is -2.18. The van der Waals surface area contributed by atoms with Crippen molar-refractivity contribution in [2.45, 2.75) is 13.5 Å². The summed E-state index contributed by atoms with van der Waals surface area (Å²) in [6, 6.07) is 9.46. The van der Waals surface area contributed by atoms with Gasteiger partial charge in [-0.2, -0.15) is 0 Å². The minimum Gasteiger partial charge on any atom is -0.468 e. The van der Waals surface area contributed by atoms with Crippen LogP contribution in [0.3, 0.4) is 0 Å². The Balaban J connectivity index is 2.00. The van der Waals surface area contributed by atoms with Crippen molar-refractivity contribution in [1.82, 2.24) is 4.90 Å². The number of ketones is 1. The predicted molar refractivity (Wildman–Crippen MR) is 70.4 cm³/mol. The first-order valence-electron chi connectivity index (χ1n) is 6.22. The summed E-state index contributed by atoms with van der Waals surface area (Å²) in [4.78, 5) is 14.0. The van der Waals surface area contributed by atoms with Crippen molar-refractivity contribution >= 4 is 5.78 Å². The molecular weight excluding hydrogens is 245 g/mol. The lowest BCUT2D eigenvalue weighted by atomic mass is 10.1. The molecule has 0 atom stereocenters. The largest absolute Gasteiger partial charge is 0.468 e. The van der Waals surface area contributed by atoms with E-state index in [0.29, 0.717) is 12.1 Å². The van der Waals surface area contributed by atoms with Crippen molar-refractivity contribution in [2.24, 2.45) is 0 Å². The highest BCUT2D eigenvalue weighted by atomic mass is 19.1.